The lowest BCUT2D eigenvalue weighted by molar-refractivity contribution is -0.155. The Balaban J connectivity index is 2.18. The van der Waals surface area contributed by atoms with E-state index in [0.29, 0.717) is 0 Å². The van der Waals surface area contributed by atoms with Gasteiger partial charge in [0.1, 0.15) is 6.04 Å². The molecule has 2 unspecified atom stereocenters. The minimum atomic E-state index is -0.622. The van der Waals surface area contributed by atoms with Gasteiger partial charge >= 0.3 is 5.97 Å². The number of esters is 1. The molecule has 1 saturated heterocycles. The average Bonchev–Trinajstić information content (AvgIpc) is 3.04. The first-order chi connectivity index (χ1) is 9.04. The molecule has 0 spiro atoms. The smallest absolute Gasteiger partial charge is 0.328 e. The van der Waals surface area contributed by atoms with E-state index in [1.807, 2.05) is 6.92 Å². The summed E-state index contributed by atoms with van der Waals surface area (Å²) in [6, 6.07) is -0.614. The second-order valence-corrected chi connectivity index (χ2v) is 5.73. The van der Waals surface area contributed by atoms with Crippen molar-refractivity contribution in [3.63, 3.8) is 0 Å². The highest BCUT2D eigenvalue weighted by Gasteiger charge is 2.48. The Labute approximate surface area is 113 Å². The lowest BCUT2D eigenvalue weighted by atomic mass is 9.81. The number of hydrogen-bond acceptors (Lipinski definition) is 4. The van der Waals surface area contributed by atoms with Gasteiger partial charge < -0.3 is 14.7 Å². The number of hydrogen-bond donors (Lipinski definition) is 1. The van der Waals surface area contributed by atoms with Gasteiger partial charge in [0.25, 0.3) is 0 Å². The van der Waals surface area contributed by atoms with E-state index in [0.717, 1.165) is 32.1 Å². The number of likely N-dealkylation sites (tertiary alicyclic amines) is 1. The van der Waals surface area contributed by atoms with Gasteiger partial charge in [-0.1, -0.05) is 19.8 Å². The first kappa shape index (κ1) is 14.3. The van der Waals surface area contributed by atoms with E-state index < -0.39 is 18.1 Å². The van der Waals surface area contributed by atoms with Gasteiger partial charge in [0.15, 0.2) is 0 Å². The van der Waals surface area contributed by atoms with Crippen LogP contribution in [0.4, 0.5) is 0 Å². The maximum absolute atomic E-state index is 12.8. The normalized spacial score (nSPS) is 29.5. The summed E-state index contributed by atoms with van der Waals surface area (Å²) in [6.07, 6.45) is 4.39. The lowest BCUT2D eigenvalue weighted by Crippen LogP contribution is -2.48. The minimum absolute atomic E-state index is 0.0273. The number of aliphatic hydroxyl groups excluding tert-OH is 1. The number of rotatable bonds is 3. The largest absolute Gasteiger partial charge is 0.467 e. The topological polar surface area (TPSA) is 66.8 Å². The number of nitrogens with zero attached hydrogens (tertiary/aromatic N) is 1. The van der Waals surface area contributed by atoms with Crippen LogP contribution in [0.25, 0.3) is 0 Å². The zero-order chi connectivity index (χ0) is 14.0. The fourth-order valence-corrected chi connectivity index (χ4v) is 3.47. The van der Waals surface area contributed by atoms with Crippen LogP contribution in [-0.4, -0.2) is 47.7 Å². The third kappa shape index (κ3) is 2.48. The summed E-state index contributed by atoms with van der Waals surface area (Å²) in [7, 11) is 1.32. The van der Waals surface area contributed by atoms with Crippen molar-refractivity contribution in [2.75, 3.05) is 13.7 Å². The number of carbonyl (C=O) groups excluding carboxylic acids is 2. The predicted molar refractivity (Wildman–Crippen MR) is 69.3 cm³/mol. The van der Waals surface area contributed by atoms with Crippen molar-refractivity contribution < 1.29 is 19.4 Å². The molecule has 2 fully saturated rings. The summed E-state index contributed by atoms with van der Waals surface area (Å²) in [5, 5.41) is 9.76. The first-order valence-corrected chi connectivity index (χ1v) is 7.11. The molecule has 1 aliphatic carbocycles. The SMILES string of the molecule is CCC1(C(=O)N2CC(O)CC2C(=O)OC)CCCC1. The molecular weight excluding hydrogens is 246 g/mol. The average molecular weight is 269 g/mol. The van der Waals surface area contributed by atoms with Crippen molar-refractivity contribution >= 4 is 11.9 Å². The molecule has 1 N–H and O–H groups in total. The summed E-state index contributed by atoms with van der Waals surface area (Å²) in [6.45, 7) is 2.28. The molecule has 0 aromatic carbocycles. The van der Waals surface area contributed by atoms with Gasteiger partial charge in [-0.3, -0.25) is 4.79 Å². The third-order valence-corrected chi connectivity index (χ3v) is 4.70. The molecular formula is C14H23NO4. The highest BCUT2D eigenvalue weighted by Crippen LogP contribution is 2.43. The number of β-amino-alcohol motifs (C(OH)–C–C–N with tert-alkyl or cyclic N) is 1. The molecule has 108 valence electrons. The van der Waals surface area contributed by atoms with E-state index in [1.54, 1.807) is 4.90 Å². The van der Waals surface area contributed by atoms with E-state index in [2.05, 4.69) is 0 Å². The number of ether oxygens (including phenoxy) is 1. The van der Waals surface area contributed by atoms with Gasteiger partial charge in [0.05, 0.1) is 13.2 Å². The fourth-order valence-electron chi connectivity index (χ4n) is 3.47. The Morgan fingerprint density at radius 3 is 2.53 bits per heavy atom. The molecule has 1 amide bonds. The fraction of sp³-hybridized carbons (Fsp3) is 0.857. The van der Waals surface area contributed by atoms with Crippen molar-refractivity contribution in [3.05, 3.63) is 0 Å². The van der Waals surface area contributed by atoms with Crippen molar-refractivity contribution in [2.24, 2.45) is 5.41 Å². The standard InChI is InChI=1S/C14H23NO4/c1-3-14(6-4-5-7-14)13(18)15-9-10(16)8-11(15)12(17)19-2/h10-11,16H,3-9H2,1-2H3. The highest BCUT2D eigenvalue weighted by atomic mass is 16.5. The highest BCUT2D eigenvalue weighted by molar-refractivity contribution is 5.89. The number of aliphatic hydroxyl groups is 1. The summed E-state index contributed by atoms with van der Waals surface area (Å²) < 4.78 is 4.75. The molecule has 2 rings (SSSR count). The van der Waals surface area contributed by atoms with Crippen LogP contribution < -0.4 is 0 Å². The molecule has 5 heteroatoms. The minimum Gasteiger partial charge on any atom is -0.467 e. The van der Waals surface area contributed by atoms with Gasteiger partial charge in [-0.2, -0.15) is 0 Å². The van der Waals surface area contributed by atoms with Crippen LogP contribution in [0.1, 0.15) is 45.4 Å². The first-order valence-electron chi connectivity index (χ1n) is 7.11. The number of carbonyl (C=O) groups is 2. The zero-order valence-electron chi connectivity index (χ0n) is 11.7. The van der Waals surface area contributed by atoms with Crippen molar-refractivity contribution in [1.29, 1.82) is 0 Å². The summed E-state index contributed by atoms with van der Waals surface area (Å²) in [4.78, 5) is 26.1. The maximum atomic E-state index is 12.8. The van der Waals surface area contributed by atoms with Crippen LogP contribution in [0.5, 0.6) is 0 Å². The van der Waals surface area contributed by atoms with Crippen molar-refractivity contribution in [2.45, 2.75) is 57.6 Å². The zero-order valence-corrected chi connectivity index (χ0v) is 11.7. The van der Waals surface area contributed by atoms with Crippen LogP contribution in [0, 0.1) is 5.41 Å². The summed E-state index contributed by atoms with van der Waals surface area (Å²) in [5.74, 6) is -0.395. The van der Waals surface area contributed by atoms with Crippen LogP contribution >= 0.6 is 0 Å². The van der Waals surface area contributed by atoms with Crippen LogP contribution in [0.15, 0.2) is 0 Å². The second-order valence-electron chi connectivity index (χ2n) is 5.73. The molecule has 0 aromatic heterocycles. The molecule has 0 bridgehead atoms. The third-order valence-electron chi connectivity index (χ3n) is 4.70. The quantitative estimate of drug-likeness (QED) is 0.779. The van der Waals surface area contributed by atoms with Crippen LogP contribution in [-0.2, 0) is 14.3 Å². The maximum Gasteiger partial charge on any atom is 0.328 e. The molecule has 0 aromatic rings. The Hall–Kier alpha value is -1.10. The Bertz CT molecular complexity index is 362. The molecule has 1 aliphatic heterocycles. The van der Waals surface area contributed by atoms with Crippen LogP contribution in [0.3, 0.4) is 0 Å². The van der Waals surface area contributed by atoms with E-state index in [4.69, 9.17) is 4.74 Å². The van der Waals surface area contributed by atoms with Gasteiger partial charge in [-0.05, 0) is 19.3 Å². The van der Waals surface area contributed by atoms with E-state index in [1.165, 1.54) is 7.11 Å². The van der Waals surface area contributed by atoms with E-state index in [9.17, 15) is 14.7 Å². The Morgan fingerprint density at radius 1 is 1.37 bits per heavy atom. The molecule has 19 heavy (non-hydrogen) atoms. The molecule has 1 saturated carbocycles. The molecule has 1 heterocycles. The van der Waals surface area contributed by atoms with Gasteiger partial charge in [-0.15, -0.1) is 0 Å². The molecule has 0 radical (unpaired) electrons. The molecule has 5 nitrogen and oxygen atoms in total. The van der Waals surface area contributed by atoms with Gasteiger partial charge in [-0.25, -0.2) is 4.79 Å². The number of amides is 1. The Morgan fingerprint density at radius 2 is 2.00 bits per heavy atom. The van der Waals surface area contributed by atoms with Crippen molar-refractivity contribution in [3.8, 4) is 0 Å². The lowest BCUT2D eigenvalue weighted by Gasteiger charge is -2.33. The molecule has 2 aliphatic rings. The number of methoxy groups -OCH3 is 1. The van der Waals surface area contributed by atoms with E-state index in [-0.39, 0.29) is 24.3 Å². The second kappa shape index (κ2) is 5.49. The van der Waals surface area contributed by atoms with Crippen molar-refractivity contribution in [1.82, 2.24) is 4.90 Å². The monoisotopic (exact) mass is 269 g/mol. The summed E-state index contributed by atoms with van der Waals surface area (Å²) >= 11 is 0. The van der Waals surface area contributed by atoms with Gasteiger partial charge in [0, 0.05) is 18.4 Å². The van der Waals surface area contributed by atoms with E-state index >= 15 is 0 Å². The predicted octanol–water partition coefficient (Wildman–Crippen LogP) is 1.09. The Kier molecular flexibility index (Phi) is 4.13. The summed E-state index contributed by atoms with van der Waals surface area (Å²) in [5.41, 5.74) is -0.323. The van der Waals surface area contributed by atoms with Crippen LogP contribution in [0.2, 0.25) is 0 Å². The van der Waals surface area contributed by atoms with Gasteiger partial charge in [0.2, 0.25) is 5.91 Å². The molecule has 2 atom stereocenters.